The highest BCUT2D eigenvalue weighted by molar-refractivity contribution is 5.81. The molecule has 0 fully saturated rings. The van der Waals surface area contributed by atoms with Crippen LogP contribution in [0.2, 0.25) is 0 Å². The van der Waals surface area contributed by atoms with Crippen molar-refractivity contribution >= 4 is 11.9 Å². The van der Waals surface area contributed by atoms with Crippen LogP contribution in [0.1, 0.15) is 12.0 Å². The van der Waals surface area contributed by atoms with Crippen molar-refractivity contribution in [2.75, 3.05) is 13.7 Å². The number of hydrogen-bond acceptors (Lipinski definition) is 5. The maximum Gasteiger partial charge on any atom is 0.306 e. The van der Waals surface area contributed by atoms with Gasteiger partial charge in [0.2, 0.25) is 5.91 Å². The van der Waals surface area contributed by atoms with Crippen LogP contribution in [0.4, 0.5) is 0 Å². The molecule has 0 aliphatic heterocycles. The number of aromatic hydroxyl groups is 1. The predicted octanol–water partition coefficient (Wildman–Crippen LogP) is -0.132. The number of rotatable bonds is 8. The monoisotopic (exact) mass is 296 g/mol. The Kier molecular flexibility index (Phi) is 6.64. The molecule has 1 rings (SSSR count). The topological polar surface area (TPSA) is 122 Å². The van der Waals surface area contributed by atoms with Crippen molar-refractivity contribution in [3.05, 3.63) is 29.8 Å². The average molecular weight is 296 g/mol. The first-order valence-electron chi connectivity index (χ1n) is 6.48. The number of ether oxygens (including phenoxy) is 1. The van der Waals surface area contributed by atoms with Crippen molar-refractivity contribution in [1.82, 2.24) is 5.32 Å². The van der Waals surface area contributed by atoms with Crippen molar-refractivity contribution < 1.29 is 24.5 Å². The number of phenols is 1. The van der Waals surface area contributed by atoms with E-state index in [4.69, 9.17) is 15.6 Å². The maximum atomic E-state index is 11.8. The Bertz CT molecular complexity index is 475. The van der Waals surface area contributed by atoms with Crippen LogP contribution in [-0.4, -0.2) is 47.9 Å². The molecule has 0 aliphatic carbocycles. The first-order valence-corrected chi connectivity index (χ1v) is 6.48. The van der Waals surface area contributed by atoms with Crippen molar-refractivity contribution in [3.8, 4) is 5.75 Å². The van der Waals surface area contributed by atoms with Crippen LogP contribution in [0, 0.1) is 0 Å². The molecule has 0 aliphatic rings. The third kappa shape index (κ3) is 6.24. The van der Waals surface area contributed by atoms with Crippen LogP contribution in [0.15, 0.2) is 24.3 Å². The summed E-state index contributed by atoms with van der Waals surface area (Å²) >= 11 is 0. The standard InChI is InChI=1S/C14H20N2O5/c1-21-11(7-13(18)19)8-16-14(20)12(15)6-9-2-4-10(17)5-3-9/h2-5,11-12,17H,6-8,15H2,1H3,(H,16,20)(H,18,19)/t11?,12-/m0/s1. The molecule has 1 aromatic carbocycles. The van der Waals surface area contributed by atoms with E-state index in [1.807, 2.05) is 0 Å². The molecule has 1 unspecified atom stereocenters. The molecule has 1 aromatic rings. The van der Waals surface area contributed by atoms with Gasteiger partial charge in [-0.05, 0) is 24.1 Å². The predicted molar refractivity (Wildman–Crippen MR) is 75.8 cm³/mol. The van der Waals surface area contributed by atoms with Crippen LogP contribution < -0.4 is 11.1 Å². The zero-order valence-corrected chi connectivity index (χ0v) is 11.8. The van der Waals surface area contributed by atoms with Crippen LogP contribution in [-0.2, 0) is 20.7 Å². The molecule has 116 valence electrons. The van der Waals surface area contributed by atoms with Gasteiger partial charge in [-0.3, -0.25) is 9.59 Å². The lowest BCUT2D eigenvalue weighted by Gasteiger charge is -2.16. The highest BCUT2D eigenvalue weighted by Crippen LogP contribution is 2.10. The molecule has 0 heterocycles. The highest BCUT2D eigenvalue weighted by atomic mass is 16.5. The summed E-state index contributed by atoms with van der Waals surface area (Å²) in [4.78, 5) is 22.4. The molecule has 1 amide bonds. The Labute approximate surface area is 122 Å². The van der Waals surface area contributed by atoms with Crippen LogP contribution >= 0.6 is 0 Å². The Morgan fingerprint density at radius 3 is 2.48 bits per heavy atom. The minimum Gasteiger partial charge on any atom is -0.508 e. The molecule has 0 radical (unpaired) electrons. The highest BCUT2D eigenvalue weighted by Gasteiger charge is 2.17. The van der Waals surface area contributed by atoms with Gasteiger partial charge in [0.05, 0.1) is 18.6 Å². The molecule has 7 nitrogen and oxygen atoms in total. The Balaban J connectivity index is 2.43. The Morgan fingerprint density at radius 1 is 1.33 bits per heavy atom. The molecule has 2 atom stereocenters. The van der Waals surface area contributed by atoms with Crippen molar-refractivity contribution in [3.63, 3.8) is 0 Å². The number of amides is 1. The number of carboxylic acids is 1. The third-order valence-electron chi connectivity index (χ3n) is 2.97. The molecule has 7 heteroatoms. The average Bonchev–Trinajstić information content (AvgIpc) is 2.45. The summed E-state index contributed by atoms with van der Waals surface area (Å²) in [6.07, 6.45) is -0.459. The number of benzene rings is 1. The van der Waals surface area contributed by atoms with Gasteiger partial charge >= 0.3 is 5.97 Å². The van der Waals surface area contributed by atoms with E-state index in [1.165, 1.54) is 19.2 Å². The molecule has 0 saturated carbocycles. The summed E-state index contributed by atoms with van der Waals surface area (Å²) in [5, 5.41) is 20.4. The number of hydrogen-bond donors (Lipinski definition) is 4. The van der Waals surface area contributed by atoms with E-state index in [0.29, 0.717) is 6.42 Å². The molecule has 5 N–H and O–H groups in total. The molecular formula is C14H20N2O5. The van der Waals surface area contributed by atoms with Gasteiger partial charge in [-0.15, -0.1) is 0 Å². The fourth-order valence-electron chi connectivity index (χ4n) is 1.76. The lowest BCUT2D eigenvalue weighted by Crippen LogP contribution is -2.45. The van der Waals surface area contributed by atoms with Crippen molar-refractivity contribution in [1.29, 1.82) is 0 Å². The summed E-state index contributed by atoms with van der Waals surface area (Å²) in [6.45, 7) is 0.0882. The summed E-state index contributed by atoms with van der Waals surface area (Å²) in [5.74, 6) is -1.23. The number of carbonyl (C=O) groups is 2. The van der Waals surface area contributed by atoms with Gasteiger partial charge in [-0.1, -0.05) is 12.1 Å². The number of nitrogens with one attached hydrogen (secondary N) is 1. The van der Waals surface area contributed by atoms with Crippen LogP contribution in [0.5, 0.6) is 5.75 Å². The molecule has 0 aromatic heterocycles. The summed E-state index contributed by atoms with van der Waals surface area (Å²) in [7, 11) is 1.39. The fraction of sp³-hybridized carbons (Fsp3) is 0.429. The lowest BCUT2D eigenvalue weighted by atomic mass is 10.1. The quantitative estimate of drug-likeness (QED) is 0.530. The van der Waals surface area contributed by atoms with E-state index in [1.54, 1.807) is 12.1 Å². The molecule has 0 saturated heterocycles. The minimum atomic E-state index is -0.996. The maximum absolute atomic E-state index is 11.8. The SMILES string of the molecule is COC(CNC(=O)[C@@H](N)Cc1ccc(O)cc1)CC(=O)O. The van der Waals surface area contributed by atoms with Gasteiger partial charge in [0, 0.05) is 13.7 Å². The number of phenolic OH excluding ortho intramolecular Hbond substituents is 1. The summed E-state index contributed by atoms with van der Waals surface area (Å²) in [6, 6.07) is 5.66. The summed E-state index contributed by atoms with van der Waals surface area (Å²) < 4.78 is 4.96. The Hall–Kier alpha value is -2.12. The van der Waals surface area contributed by atoms with E-state index in [0.717, 1.165) is 5.56 Å². The molecule has 21 heavy (non-hydrogen) atoms. The van der Waals surface area contributed by atoms with E-state index >= 15 is 0 Å². The number of carbonyl (C=O) groups excluding carboxylic acids is 1. The first kappa shape index (κ1) is 16.9. The second-order valence-corrected chi connectivity index (χ2v) is 4.68. The molecule has 0 bridgehead atoms. The van der Waals surface area contributed by atoms with E-state index in [-0.39, 0.29) is 24.6 Å². The van der Waals surface area contributed by atoms with Gasteiger partial charge in [0.25, 0.3) is 0 Å². The normalized spacial score (nSPS) is 13.4. The number of aliphatic carboxylic acids is 1. The van der Waals surface area contributed by atoms with Gasteiger partial charge in [-0.25, -0.2) is 0 Å². The van der Waals surface area contributed by atoms with E-state index in [9.17, 15) is 14.7 Å². The van der Waals surface area contributed by atoms with Gasteiger partial charge in [-0.2, -0.15) is 0 Å². The zero-order valence-electron chi connectivity index (χ0n) is 11.8. The van der Waals surface area contributed by atoms with Crippen molar-refractivity contribution in [2.45, 2.75) is 25.0 Å². The van der Waals surface area contributed by atoms with E-state index in [2.05, 4.69) is 5.32 Å². The van der Waals surface area contributed by atoms with Crippen molar-refractivity contribution in [2.24, 2.45) is 5.73 Å². The zero-order chi connectivity index (χ0) is 15.8. The fourth-order valence-corrected chi connectivity index (χ4v) is 1.76. The summed E-state index contributed by atoms with van der Waals surface area (Å²) in [5.41, 5.74) is 6.61. The molecule has 0 spiro atoms. The lowest BCUT2D eigenvalue weighted by molar-refractivity contribution is -0.140. The van der Waals surface area contributed by atoms with Gasteiger partial charge in [0.15, 0.2) is 0 Å². The first-order chi connectivity index (χ1) is 9.92. The Morgan fingerprint density at radius 2 is 1.95 bits per heavy atom. The smallest absolute Gasteiger partial charge is 0.306 e. The van der Waals surface area contributed by atoms with Gasteiger partial charge in [0.1, 0.15) is 5.75 Å². The minimum absolute atomic E-state index is 0.0882. The second kappa shape index (κ2) is 8.23. The van der Waals surface area contributed by atoms with Crippen LogP contribution in [0.25, 0.3) is 0 Å². The second-order valence-electron chi connectivity index (χ2n) is 4.68. The van der Waals surface area contributed by atoms with E-state index < -0.39 is 18.1 Å². The molecular weight excluding hydrogens is 276 g/mol. The largest absolute Gasteiger partial charge is 0.508 e. The number of methoxy groups -OCH3 is 1. The van der Waals surface area contributed by atoms with Gasteiger partial charge < -0.3 is 26.0 Å². The van der Waals surface area contributed by atoms with Crippen LogP contribution in [0.3, 0.4) is 0 Å². The third-order valence-corrected chi connectivity index (χ3v) is 2.97. The number of carboxylic acid groups (broad SMARTS) is 1. The number of nitrogens with two attached hydrogens (primary N) is 1.